The zero-order chi connectivity index (χ0) is 14.8. The third kappa shape index (κ3) is 4.12. The Morgan fingerprint density at radius 1 is 1.19 bits per heavy atom. The number of nitrogens with one attached hydrogen (secondary N) is 1. The van der Waals surface area contributed by atoms with E-state index in [9.17, 15) is 4.79 Å². The van der Waals surface area contributed by atoms with E-state index in [4.69, 9.17) is 23.2 Å². The average molecular weight is 327 g/mol. The van der Waals surface area contributed by atoms with E-state index in [1.54, 1.807) is 12.1 Å². The summed E-state index contributed by atoms with van der Waals surface area (Å²) in [5, 5.41) is 4.28. The summed E-state index contributed by atoms with van der Waals surface area (Å²) >= 11 is 12.0. The highest BCUT2D eigenvalue weighted by molar-refractivity contribution is 6.35. The Bertz CT molecular complexity index is 523. The molecule has 3 rings (SSSR count). The van der Waals surface area contributed by atoms with Crippen LogP contribution in [-0.4, -0.2) is 36.0 Å². The van der Waals surface area contributed by atoms with Crippen molar-refractivity contribution in [2.75, 3.05) is 13.1 Å². The number of carbonyl (C=O) groups excluding carboxylic acids is 1. The minimum atomic E-state index is 0.0455. The van der Waals surface area contributed by atoms with E-state index >= 15 is 0 Å². The van der Waals surface area contributed by atoms with E-state index in [1.807, 2.05) is 6.07 Å². The van der Waals surface area contributed by atoms with Crippen LogP contribution in [0.5, 0.6) is 0 Å². The van der Waals surface area contributed by atoms with Gasteiger partial charge in [-0.05, 0) is 43.4 Å². The van der Waals surface area contributed by atoms with Crippen LogP contribution in [0.15, 0.2) is 18.2 Å². The smallest absolute Gasteiger partial charge is 0.224 e. The Labute approximate surface area is 135 Å². The fourth-order valence-electron chi connectivity index (χ4n) is 2.97. The normalized spacial score (nSPS) is 20.5. The molecular weight excluding hydrogens is 307 g/mol. The topological polar surface area (TPSA) is 32.3 Å². The number of hydrogen-bond donors (Lipinski definition) is 1. The molecule has 1 saturated heterocycles. The van der Waals surface area contributed by atoms with Gasteiger partial charge >= 0.3 is 0 Å². The van der Waals surface area contributed by atoms with E-state index in [-0.39, 0.29) is 5.91 Å². The fourth-order valence-corrected chi connectivity index (χ4v) is 3.44. The maximum Gasteiger partial charge on any atom is 0.224 e. The number of halogens is 2. The molecule has 1 aliphatic carbocycles. The van der Waals surface area contributed by atoms with Crippen molar-refractivity contribution in [1.82, 2.24) is 10.2 Å². The summed E-state index contributed by atoms with van der Waals surface area (Å²) in [6, 6.07) is 6.40. The Balaban J connectivity index is 1.47. The Morgan fingerprint density at radius 3 is 2.52 bits per heavy atom. The molecule has 1 saturated carbocycles. The molecule has 5 heteroatoms. The Kier molecular flexibility index (Phi) is 4.72. The molecule has 1 aromatic carbocycles. The summed E-state index contributed by atoms with van der Waals surface area (Å²) in [4.78, 5) is 14.7. The van der Waals surface area contributed by atoms with Crippen LogP contribution in [-0.2, 0) is 11.2 Å². The number of amides is 1. The zero-order valence-electron chi connectivity index (χ0n) is 11.9. The van der Waals surface area contributed by atoms with E-state index in [0.717, 1.165) is 37.5 Å². The molecule has 0 atom stereocenters. The highest BCUT2D eigenvalue weighted by Crippen LogP contribution is 2.29. The second-order valence-corrected chi connectivity index (χ2v) is 6.87. The summed E-state index contributed by atoms with van der Waals surface area (Å²) in [6.45, 7) is 2.22. The standard InChI is InChI=1S/C16H20Cl2N2O/c17-12-2-1-11(15(18)10-12)9-16(21)19-13-5-7-20(8-6-13)14-3-4-14/h1-2,10,13-14H,3-9H2,(H,19,21). The van der Waals surface area contributed by atoms with Crippen LogP contribution in [0.25, 0.3) is 0 Å². The third-order valence-electron chi connectivity index (χ3n) is 4.32. The van der Waals surface area contributed by atoms with Gasteiger partial charge in [-0.3, -0.25) is 4.79 Å². The first-order valence-electron chi connectivity index (χ1n) is 7.59. The molecule has 2 aliphatic rings. The summed E-state index contributed by atoms with van der Waals surface area (Å²) in [5.41, 5.74) is 0.828. The quantitative estimate of drug-likeness (QED) is 0.920. The molecule has 0 aromatic heterocycles. The molecule has 0 spiro atoms. The fraction of sp³-hybridized carbons (Fsp3) is 0.562. The molecule has 3 nitrogen and oxygen atoms in total. The van der Waals surface area contributed by atoms with Gasteiger partial charge in [0.1, 0.15) is 0 Å². The minimum absolute atomic E-state index is 0.0455. The minimum Gasteiger partial charge on any atom is -0.353 e. The number of likely N-dealkylation sites (tertiary alicyclic amines) is 1. The van der Waals surface area contributed by atoms with E-state index in [0.29, 0.717) is 22.5 Å². The van der Waals surface area contributed by atoms with Crippen molar-refractivity contribution in [2.45, 2.75) is 44.2 Å². The maximum atomic E-state index is 12.1. The van der Waals surface area contributed by atoms with Gasteiger partial charge in [0, 0.05) is 35.2 Å². The van der Waals surface area contributed by atoms with Crippen molar-refractivity contribution in [1.29, 1.82) is 0 Å². The lowest BCUT2D eigenvalue weighted by Gasteiger charge is -2.32. The molecule has 1 aliphatic heterocycles. The van der Waals surface area contributed by atoms with Crippen molar-refractivity contribution in [3.63, 3.8) is 0 Å². The van der Waals surface area contributed by atoms with Crippen LogP contribution in [0.3, 0.4) is 0 Å². The molecule has 21 heavy (non-hydrogen) atoms. The van der Waals surface area contributed by atoms with Crippen LogP contribution in [0.2, 0.25) is 10.0 Å². The van der Waals surface area contributed by atoms with E-state index in [1.165, 1.54) is 12.8 Å². The predicted molar refractivity (Wildman–Crippen MR) is 85.9 cm³/mol. The molecular formula is C16H20Cl2N2O. The first-order chi connectivity index (χ1) is 10.1. The Morgan fingerprint density at radius 2 is 1.90 bits per heavy atom. The van der Waals surface area contributed by atoms with Crippen molar-refractivity contribution in [3.05, 3.63) is 33.8 Å². The van der Waals surface area contributed by atoms with Gasteiger partial charge in [-0.1, -0.05) is 29.3 Å². The molecule has 114 valence electrons. The largest absolute Gasteiger partial charge is 0.353 e. The summed E-state index contributed by atoms with van der Waals surface area (Å²) in [5.74, 6) is 0.0455. The van der Waals surface area contributed by atoms with Crippen LogP contribution >= 0.6 is 23.2 Å². The van der Waals surface area contributed by atoms with Crippen LogP contribution < -0.4 is 5.32 Å². The molecule has 0 unspecified atom stereocenters. The van der Waals surface area contributed by atoms with Gasteiger partial charge in [-0.2, -0.15) is 0 Å². The van der Waals surface area contributed by atoms with Gasteiger partial charge in [-0.25, -0.2) is 0 Å². The molecule has 0 bridgehead atoms. The van der Waals surface area contributed by atoms with Gasteiger partial charge < -0.3 is 10.2 Å². The van der Waals surface area contributed by atoms with Crippen molar-refractivity contribution < 1.29 is 4.79 Å². The van der Waals surface area contributed by atoms with Gasteiger partial charge in [0.05, 0.1) is 6.42 Å². The number of benzene rings is 1. The number of rotatable bonds is 4. The van der Waals surface area contributed by atoms with Gasteiger partial charge in [0.2, 0.25) is 5.91 Å². The van der Waals surface area contributed by atoms with Crippen LogP contribution in [0.4, 0.5) is 0 Å². The molecule has 1 amide bonds. The summed E-state index contributed by atoms with van der Waals surface area (Å²) < 4.78 is 0. The number of nitrogens with zero attached hydrogens (tertiary/aromatic N) is 1. The predicted octanol–water partition coefficient (Wildman–Crippen LogP) is 3.28. The average Bonchev–Trinajstić information content (AvgIpc) is 3.27. The lowest BCUT2D eigenvalue weighted by atomic mass is 10.0. The monoisotopic (exact) mass is 326 g/mol. The van der Waals surface area contributed by atoms with Crippen molar-refractivity contribution in [2.24, 2.45) is 0 Å². The van der Waals surface area contributed by atoms with Crippen molar-refractivity contribution >= 4 is 29.1 Å². The van der Waals surface area contributed by atoms with Crippen LogP contribution in [0.1, 0.15) is 31.2 Å². The molecule has 1 N–H and O–H groups in total. The highest BCUT2D eigenvalue weighted by Gasteiger charge is 2.32. The Hall–Kier alpha value is -0.770. The summed E-state index contributed by atoms with van der Waals surface area (Å²) in [6.07, 6.45) is 5.13. The van der Waals surface area contributed by atoms with E-state index < -0.39 is 0 Å². The van der Waals surface area contributed by atoms with Crippen LogP contribution in [0, 0.1) is 0 Å². The molecule has 0 radical (unpaired) electrons. The number of piperidine rings is 1. The highest BCUT2D eigenvalue weighted by atomic mass is 35.5. The van der Waals surface area contributed by atoms with Gasteiger partial charge in [0.15, 0.2) is 0 Å². The van der Waals surface area contributed by atoms with Gasteiger partial charge in [0.25, 0.3) is 0 Å². The number of carbonyl (C=O) groups is 1. The lowest BCUT2D eigenvalue weighted by molar-refractivity contribution is -0.121. The second-order valence-electron chi connectivity index (χ2n) is 6.02. The van der Waals surface area contributed by atoms with E-state index in [2.05, 4.69) is 10.2 Å². The molecule has 1 heterocycles. The zero-order valence-corrected chi connectivity index (χ0v) is 13.5. The summed E-state index contributed by atoms with van der Waals surface area (Å²) in [7, 11) is 0. The first kappa shape index (κ1) is 15.1. The molecule has 2 fully saturated rings. The van der Waals surface area contributed by atoms with Crippen molar-refractivity contribution in [3.8, 4) is 0 Å². The second kappa shape index (κ2) is 6.55. The maximum absolute atomic E-state index is 12.1. The SMILES string of the molecule is O=C(Cc1ccc(Cl)cc1Cl)NC1CCN(C2CC2)CC1. The van der Waals surface area contributed by atoms with Gasteiger partial charge in [-0.15, -0.1) is 0 Å². The lowest BCUT2D eigenvalue weighted by Crippen LogP contribution is -2.45. The number of hydrogen-bond acceptors (Lipinski definition) is 2. The first-order valence-corrected chi connectivity index (χ1v) is 8.35. The third-order valence-corrected chi connectivity index (χ3v) is 4.91. The molecule has 1 aromatic rings.